The summed E-state index contributed by atoms with van der Waals surface area (Å²) in [5.41, 5.74) is 1.26. The standard InChI is InChI=1S/C19H27ClN2O2/c20-17-7-5-15(6-8-17)9-10-22(13-16-3-4-16)14-19(23)21-12-18-2-1-11-24-18/h5-8,16,18H,1-4,9-14H2,(H,21,23). The Labute approximate surface area is 149 Å². The highest BCUT2D eigenvalue weighted by Crippen LogP contribution is 2.29. The molecule has 1 atom stereocenters. The molecule has 0 aromatic heterocycles. The molecule has 4 nitrogen and oxygen atoms in total. The lowest BCUT2D eigenvalue weighted by Gasteiger charge is -2.22. The Balaban J connectivity index is 1.43. The number of hydrogen-bond donors (Lipinski definition) is 1. The molecule has 2 fully saturated rings. The summed E-state index contributed by atoms with van der Waals surface area (Å²) < 4.78 is 5.56. The smallest absolute Gasteiger partial charge is 0.234 e. The van der Waals surface area contributed by atoms with Gasteiger partial charge in [0.2, 0.25) is 5.91 Å². The molecule has 0 spiro atoms. The molecule has 132 valence electrons. The van der Waals surface area contributed by atoms with Crippen LogP contribution in [-0.2, 0) is 16.0 Å². The Bertz CT molecular complexity index is 525. The zero-order valence-electron chi connectivity index (χ0n) is 14.2. The predicted octanol–water partition coefficient (Wildman–Crippen LogP) is 2.89. The maximum absolute atomic E-state index is 12.2. The number of nitrogens with zero attached hydrogens (tertiary/aromatic N) is 1. The number of hydrogen-bond acceptors (Lipinski definition) is 3. The largest absolute Gasteiger partial charge is 0.376 e. The molecule has 24 heavy (non-hydrogen) atoms. The zero-order valence-corrected chi connectivity index (χ0v) is 14.9. The Morgan fingerprint density at radius 3 is 2.71 bits per heavy atom. The molecule has 1 saturated heterocycles. The van der Waals surface area contributed by atoms with Crippen LogP contribution >= 0.6 is 11.6 Å². The summed E-state index contributed by atoms with van der Waals surface area (Å²) in [6.45, 7) is 3.89. The van der Waals surface area contributed by atoms with Crippen LogP contribution in [0.5, 0.6) is 0 Å². The van der Waals surface area contributed by atoms with Crippen LogP contribution in [0.1, 0.15) is 31.2 Å². The lowest BCUT2D eigenvalue weighted by atomic mass is 10.1. The molecule has 1 aromatic rings. The fraction of sp³-hybridized carbons (Fsp3) is 0.632. The van der Waals surface area contributed by atoms with Gasteiger partial charge in [-0.15, -0.1) is 0 Å². The number of ether oxygens (including phenoxy) is 1. The van der Waals surface area contributed by atoms with Crippen LogP contribution < -0.4 is 5.32 Å². The SMILES string of the molecule is O=C(CN(CCc1ccc(Cl)cc1)CC1CC1)NCC1CCCO1. The molecule has 1 heterocycles. The second-order valence-corrected chi connectivity index (χ2v) is 7.43. The van der Waals surface area contributed by atoms with Gasteiger partial charge in [-0.05, 0) is 55.7 Å². The van der Waals surface area contributed by atoms with Crippen molar-refractivity contribution in [3.8, 4) is 0 Å². The lowest BCUT2D eigenvalue weighted by molar-refractivity contribution is -0.122. The Morgan fingerprint density at radius 1 is 1.25 bits per heavy atom. The van der Waals surface area contributed by atoms with Gasteiger partial charge in [-0.3, -0.25) is 9.69 Å². The second-order valence-electron chi connectivity index (χ2n) is 6.99. The van der Waals surface area contributed by atoms with E-state index in [-0.39, 0.29) is 12.0 Å². The maximum Gasteiger partial charge on any atom is 0.234 e. The molecule has 3 rings (SSSR count). The van der Waals surface area contributed by atoms with Crippen LogP contribution in [0.2, 0.25) is 5.02 Å². The fourth-order valence-electron chi connectivity index (χ4n) is 3.13. The molecule has 1 saturated carbocycles. The van der Waals surface area contributed by atoms with E-state index in [1.165, 1.54) is 18.4 Å². The highest BCUT2D eigenvalue weighted by Gasteiger charge is 2.25. The predicted molar refractivity (Wildman–Crippen MR) is 96.3 cm³/mol. The molecular formula is C19H27ClN2O2. The highest BCUT2D eigenvalue weighted by atomic mass is 35.5. The monoisotopic (exact) mass is 350 g/mol. The summed E-state index contributed by atoms with van der Waals surface area (Å²) in [5, 5.41) is 3.80. The first kappa shape index (κ1) is 17.7. The van der Waals surface area contributed by atoms with Gasteiger partial charge in [-0.25, -0.2) is 0 Å². The van der Waals surface area contributed by atoms with Crippen molar-refractivity contribution in [2.45, 2.75) is 38.2 Å². The molecule has 1 aliphatic carbocycles. The zero-order chi connectivity index (χ0) is 16.8. The van der Waals surface area contributed by atoms with E-state index < -0.39 is 0 Å². The van der Waals surface area contributed by atoms with E-state index in [1.54, 1.807) is 0 Å². The van der Waals surface area contributed by atoms with Crippen molar-refractivity contribution >= 4 is 17.5 Å². The van der Waals surface area contributed by atoms with Crippen LogP contribution in [0.15, 0.2) is 24.3 Å². The third-order valence-corrected chi connectivity index (χ3v) is 5.01. The van der Waals surface area contributed by atoms with E-state index >= 15 is 0 Å². The molecule has 5 heteroatoms. The van der Waals surface area contributed by atoms with E-state index in [4.69, 9.17) is 16.3 Å². The van der Waals surface area contributed by atoms with Gasteiger partial charge in [0, 0.05) is 31.3 Å². The quantitative estimate of drug-likeness (QED) is 0.744. The minimum Gasteiger partial charge on any atom is -0.376 e. The van der Waals surface area contributed by atoms with Gasteiger partial charge >= 0.3 is 0 Å². The number of nitrogens with one attached hydrogen (secondary N) is 1. The number of carbonyl (C=O) groups is 1. The van der Waals surface area contributed by atoms with E-state index in [0.29, 0.717) is 13.1 Å². The van der Waals surface area contributed by atoms with E-state index in [1.807, 2.05) is 12.1 Å². The summed E-state index contributed by atoms with van der Waals surface area (Å²) in [4.78, 5) is 14.5. The van der Waals surface area contributed by atoms with Gasteiger partial charge in [-0.2, -0.15) is 0 Å². The summed E-state index contributed by atoms with van der Waals surface area (Å²) >= 11 is 5.94. The van der Waals surface area contributed by atoms with Crippen molar-refractivity contribution in [3.05, 3.63) is 34.9 Å². The summed E-state index contributed by atoms with van der Waals surface area (Å²) in [6, 6.07) is 7.98. The normalized spacial score (nSPS) is 20.5. The average molecular weight is 351 g/mol. The number of rotatable bonds is 9. The first-order valence-corrected chi connectivity index (χ1v) is 9.42. The first-order valence-electron chi connectivity index (χ1n) is 9.04. The molecule has 1 N–H and O–H groups in total. The topological polar surface area (TPSA) is 41.6 Å². The molecule has 1 aromatic carbocycles. The maximum atomic E-state index is 12.2. The number of benzene rings is 1. The third-order valence-electron chi connectivity index (χ3n) is 4.76. The van der Waals surface area contributed by atoms with E-state index in [0.717, 1.165) is 49.9 Å². The van der Waals surface area contributed by atoms with Gasteiger partial charge in [0.1, 0.15) is 0 Å². The van der Waals surface area contributed by atoms with Crippen molar-refractivity contribution < 1.29 is 9.53 Å². The first-order chi connectivity index (χ1) is 11.7. The molecule has 0 radical (unpaired) electrons. The van der Waals surface area contributed by atoms with Crippen LogP contribution in [0.25, 0.3) is 0 Å². The molecule has 0 bridgehead atoms. The number of carbonyl (C=O) groups excluding carboxylic acids is 1. The molecule has 2 aliphatic rings. The lowest BCUT2D eigenvalue weighted by Crippen LogP contribution is -2.41. The number of halogens is 1. The van der Waals surface area contributed by atoms with Crippen molar-refractivity contribution in [1.82, 2.24) is 10.2 Å². The van der Waals surface area contributed by atoms with Crippen molar-refractivity contribution in [2.24, 2.45) is 5.92 Å². The highest BCUT2D eigenvalue weighted by molar-refractivity contribution is 6.30. The van der Waals surface area contributed by atoms with Gasteiger partial charge in [0.15, 0.2) is 0 Å². The fourth-order valence-corrected chi connectivity index (χ4v) is 3.26. The Kier molecular flexibility index (Phi) is 6.52. The average Bonchev–Trinajstić information content (AvgIpc) is 3.23. The molecule has 1 unspecified atom stereocenters. The minimum atomic E-state index is 0.113. The second kappa shape index (κ2) is 8.84. The van der Waals surface area contributed by atoms with Gasteiger partial charge in [-0.1, -0.05) is 23.7 Å². The van der Waals surface area contributed by atoms with E-state index in [9.17, 15) is 4.79 Å². The van der Waals surface area contributed by atoms with E-state index in [2.05, 4.69) is 22.3 Å². The van der Waals surface area contributed by atoms with Crippen LogP contribution in [0.4, 0.5) is 0 Å². The molecule has 1 aliphatic heterocycles. The Morgan fingerprint density at radius 2 is 2.04 bits per heavy atom. The van der Waals surface area contributed by atoms with Crippen molar-refractivity contribution in [2.75, 3.05) is 32.8 Å². The van der Waals surface area contributed by atoms with Crippen molar-refractivity contribution in [3.63, 3.8) is 0 Å². The van der Waals surface area contributed by atoms with Gasteiger partial charge < -0.3 is 10.1 Å². The summed E-state index contributed by atoms with van der Waals surface area (Å²) in [5.74, 6) is 0.892. The van der Waals surface area contributed by atoms with Gasteiger partial charge in [0.25, 0.3) is 0 Å². The molecule has 1 amide bonds. The van der Waals surface area contributed by atoms with Crippen LogP contribution in [0.3, 0.4) is 0 Å². The van der Waals surface area contributed by atoms with Crippen molar-refractivity contribution in [1.29, 1.82) is 0 Å². The summed E-state index contributed by atoms with van der Waals surface area (Å²) in [6.07, 6.45) is 5.92. The molecular weight excluding hydrogens is 324 g/mol. The van der Waals surface area contributed by atoms with Crippen LogP contribution in [-0.4, -0.2) is 49.7 Å². The van der Waals surface area contributed by atoms with Gasteiger partial charge in [0.05, 0.1) is 12.6 Å². The third kappa shape index (κ3) is 6.08. The summed E-state index contributed by atoms with van der Waals surface area (Å²) in [7, 11) is 0. The Hall–Kier alpha value is -1.10. The van der Waals surface area contributed by atoms with Crippen LogP contribution in [0, 0.1) is 5.92 Å². The minimum absolute atomic E-state index is 0.113. The number of amides is 1.